The van der Waals surface area contributed by atoms with Gasteiger partial charge in [-0.1, -0.05) is 26.7 Å². The van der Waals surface area contributed by atoms with Crippen molar-refractivity contribution in [1.82, 2.24) is 20.1 Å². The zero-order valence-corrected chi connectivity index (χ0v) is 10.3. The molecule has 1 N–H and O–H groups in total. The third-order valence-electron chi connectivity index (χ3n) is 3.71. The molecule has 0 saturated heterocycles. The summed E-state index contributed by atoms with van der Waals surface area (Å²) in [6, 6.07) is 0.657. The lowest BCUT2D eigenvalue weighted by Crippen LogP contribution is -2.45. The second kappa shape index (κ2) is 4.95. The van der Waals surface area contributed by atoms with Gasteiger partial charge in [0.1, 0.15) is 12.7 Å². The van der Waals surface area contributed by atoms with Crippen LogP contribution in [-0.2, 0) is 6.54 Å². The summed E-state index contributed by atoms with van der Waals surface area (Å²) in [5.74, 6) is 0. The second-order valence-corrected chi connectivity index (χ2v) is 5.40. The Labute approximate surface area is 97.5 Å². The molecule has 90 valence electrons. The van der Waals surface area contributed by atoms with Gasteiger partial charge in [0, 0.05) is 12.6 Å². The SMILES string of the molecule is CC1(C)CCCCC1NCCn1cncn1. The molecule has 1 aromatic rings. The van der Waals surface area contributed by atoms with Crippen LogP contribution in [0.15, 0.2) is 12.7 Å². The summed E-state index contributed by atoms with van der Waals surface area (Å²) in [4.78, 5) is 3.94. The highest BCUT2D eigenvalue weighted by Gasteiger charge is 2.31. The quantitative estimate of drug-likeness (QED) is 0.845. The highest BCUT2D eigenvalue weighted by molar-refractivity contribution is 4.87. The van der Waals surface area contributed by atoms with E-state index in [0.29, 0.717) is 11.5 Å². The van der Waals surface area contributed by atoms with Crippen molar-refractivity contribution in [1.29, 1.82) is 0 Å². The molecule has 0 amide bonds. The maximum atomic E-state index is 4.10. The highest BCUT2D eigenvalue weighted by atomic mass is 15.3. The third-order valence-corrected chi connectivity index (χ3v) is 3.71. The van der Waals surface area contributed by atoms with E-state index >= 15 is 0 Å². The predicted molar refractivity (Wildman–Crippen MR) is 64.1 cm³/mol. The Bertz CT molecular complexity index is 305. The predicted octanol–water partition coefficient (Wildman–Crippen LogP) is 1.84. The smallest absolute Gasteiger partial charge is 0.137 e. The van der Waals surface area contributed by atoms with Crippen molar-refractivity contribution in [3.63, 3.8) is 0 Å². The minimum Gasteiger partial charge on any atom is -0.312 e. The van der Waals surface area contributed by atoms with Crippen molar-refractivity contribution in [3.05, 3.63) is 12.7 Å². The van der Waals surface area contributed by atoms with E-state index in [1.54, 1.807) is 12.7 Å². The molecule has 0 aliphatic heterocycles. The van der Waals surface area contributed by atoms with Gasteiger partial charge in [0.2, 0.25) is 0 Å². The molecule has 1 atom stereocenters. The average molecular weight is 222 g/mol. The van der Waals surface area contributed by atoms with Gasteiger partial charge < -0.3 is 5.32 Å². The van der Waals surface area contributed by atoms with E-state index in [1.165, 1.54) is 25.7 Å². The monoisotopic (exact) mass is 222 g/mol. The van der Waals surface area contributed by atoms with Crippen molar-refractivity contribution in [2.45, 2.75) is 52.1 Å². The van der Waals surface area contributed by atoms with Crippen LogP contribution in [0.5, 0.6) is 0 Å². The largest absolute Gasteiger partial charge is 0.312 e. The van der Waals surface area contributed by atoms with E-state index in [2.05, 4.69) is 29.2 Å². The molecule has 16 heavy (non-hydrogen) atoms. The molecule has 2 rings (SSSR count). The van der Waals surface area contributed by atoms with Crippen molar-refractivity contribution in [2.24, 2.45) is 5.41 Å². The van der Waals surface area contributed by atoms with Gasteiger partial charge in [-0.05, 0) is 18.3 Å². The average Bonchev–Trinajstić information content (AvgIpc) is 2.73. The third kappa shape index (κ3) is 2.82. The maximum Gasteiger partial charge on any atom is 0.137 e. The van der Waals surface area contributed by atoms with Gasteiger partial charge in [-0.15, -0.1) is 0 Å². The molecule has 1 heterocycles. The molecule has 1 aliphatic rings. The van der Waals surface area contributed by atoms with Crippen molar-refractivity contribution >= 4 is 0 Å². The minimum atomic E-state index is 0.445. The molecule has 0 spiro atoms. The Morgan fingerprint density at radius 3 is 3.00 bits per heavy atom. The standard InChI is InChI=1S/C12H22N4/c1-12(2)6-4-3-5-11(12)14-7-8-16-10-13-9-15-16/h9-11,14H,3-8H2,1-2H3. The van der Waals surface area contributed by atoms with Gasteiger partial charge in [-0.3, -0.25) is 4.68 Å². The Balaban J connectivity index is 1.76. The van der Waals surface area contributed by atoms with Crippen molar-refractivity contribution < 1.29 is 0 Å². The lowest BCUT2D eigenvalue weighted by molar-refractivity contribution is 0.167. The summed E-state index contributed by atoms with van der Waals surface area (Å²) in [7, 11) is 0. The molecule has 0 bridgehead atoms. The van der Waals surface area contributed by atoms with Gasteiger partial charge in [0.25, 0.3) is 0 Å². The Hall–Kier alpha value is -0.900. The number of nitrogens with one attached hydrogen (secondary N) is 1. The first-order valence-electron chi connectivity index (χ1n) is 6.24. The normalized spacial score (nSPS) is 24.5. The summed E-state index contributed by atoms with van der Waals surface area (Å²) < 4.78 is 1.88. The number of aromatic nitrogens is 3. The molecule has 0 radical (unpaired) electrons. The molecule has 1 unspecified atom stereocenters. The van der Waals surface area contributed by atoms with Crippen LogP contribution in [0.25, 0.3) is 0 Å². The van der Waals surface area contributed by atoms with Crippen LogP contribution >= 0.6 is 0 Å². The fraction of sp³-hybridized carbons (Fsp3) is 0.833. The van der Waals surface area contributed by atoms with Crippen LogP contribution in [0.2, 0.25) is 0 Å². The van der Waals surface area contributed by atoms with E-state index in [0.717, 1.165) is 13.1 Å². The molecular weight excluding hydrogens is 200 g/mol. The second-order valence-electron chi connectivity index (χ2n) is 5.40. The van der Waals surface area contributed by atoms with E-state index in [-0.39, 0.29) is 0 Å². The fourth-order valence-electron chi connectivity index (χ4n) is 2.57. The van der Waals surface area contributed by atoms with E-state index < -0.39 is 0 Å². The lowest BCUT2D eigenvalue weighted by Gasteiger charge is -2.39. The van der Waals surface area contributed by atoms with Gasteiger partial charge in [0.05, 0.1) is 6.54 Å². The summed E-state index contributed by atoms with van der Waals surface area (Å²) in [5.41, 5.74) is 0.445. The number of hydrogen-bond donors (Lipinski definition) is 1. The first-order valence-corrected chi connectivity index (χ1v) is 6.24. The molecule has 1 fully saturated rings. The lowest BCUT2D eigenvalue weighted by atomic mass is 9.73. The Kier molecular flexibility index (Phi) is 3.59. The van der Waals surface area contributed by atoms with E-state index in [1.807, 2.05) is 4.68 Å². The van der Waals surface area contributed by atoms with Crippen LogP contribution in [0.3, 0.4) is 0 Å². The van der Waals surface area contributed by atoms with E-state index in [4.69, 9.17) is 0 Å². The first-order chi connectivity index (χ1) is 7.68. The van der Waals surface area contributed by atoms with Gasteiger partial charge in [0.15, 0.2) is 0 Å². The summed E-state index contributed by atoms with van der Waals surface area (Å²) in [6.07, 6.45) is 8.76. The van der Waals surface area contributed by atoms with Crippen LogP contribution < -0.4 is 5.32 Å². The number of nitrogens with zero attached hydrogens (tertiary/aromatic N) is 3. The Morgan fingerprint density at radius 1 is 1.44 bits per heavy atom. The van der Waals surface area contributed by atoms with Crippen molar-refractivity contribution in [2.75, 3.05) is 6.54 Å². The molecule has 0 aromatic carbocycles. The van der Waals surface area contributed by atoms with Gasteiger partial charge in [-0.2, -0.15) is 5.10 Å². The maximum absolute atomic E-state index is 4.10. The van der Waals surface area contributed by atoms with Crippen LogP contribution in [0.1, 0.15) is 39.5 Å². The van der Waals surface area contributed by atoms with E-state index in [9.17, 15) is 0 Å². The number of hydrogen-bond acceptors (Lipinski definition) is 3. The van der Waals surface area contributed by atoms with Crippen molar-refractivity contribution in [3.8, 4) is 0 Å². The van der Waals surface area contributed by atoms with Crippen LogP contribution in [-0.4, -0.2) is 27.4 Å². The number of rotatable bonds is 4. The first kappa shape index (κ1) is 11.6. The zero-order chi connectivity index (χ0) is 11.4. The summed E-state index contributed by atoms with van der Waals surface area (Å²) in [6.45, 7) is 6.64. The zero-order valence-electron chi connectivity index (χ0n) is 10.3. The van der Waals surface area contributed by atoms with Crippen LogP contribution in [0.4, 0.5) is 0 Å². The highest BCUT2D eigenvalue weighted by Crippen LogP contribution is 2.35. The molecule has 1 saturated carbocycles. The summed E-state index contributed by atoms with van der Waals surface area (Å²) in [5, 5.41) is 7.76. The van der Waals surface area contributed by atoms with Crippen LogP contribution in [0, 0.1) is 5.41 Å². The molecule has 4 heteroatoms. The minimum absolute atomic E-state index is 0.445. The molecule has 4 nitrogen and oxygen atoms in total. The molecule has 1 aromatic heterocycles. The topological polar surface area (TPSA) is 42.7 Å². The molecular formula is C12H22N4. The fourth-order valence-corrected chi connectivity index (χ4v) is 2.57. The van der Waals surface area contributed by atoms with Gasteiger partial charge >= 0.3 is 0 Å². The van der Waals surface area contributed by atoms with Gasteiger partial charge in [-0.25, -0.2) is 4.98 Å². The Morgan fingerprint density at radius 2 is 2.31 bits per heavy atom. The summed E-state index contributed by atoms with van der Waals surface area (Å²) >= 11 is 0. The molecule has 1 aliphatic carbocycles.